The van der Waals surface area contributed by atoms with E-state index in [0.717, 1.165) is 18.8 Å². The highest BCUT2D eigenvalue weighted by Gasteiger charge is 2.04. The molecule has 1 rings (SSSR count). The summed E-state index contributed by atoms with van der Waals surface area (Å²) in [6.45, 7) is 4.51. The summed E-state index contributed by atoms with van der Waals surface area (Å²) in [5.74, 6) is 0.863. The zero-order valence-corrected chi connectivity index (χ0v) is 10.7. The van der Waals surface area contributed by atoms with Gasteiger partial charge in [0.05, 0.1) is 12.8 Å². The van der Waals surface area contributed by atoms with Crippen molar-refractivity contribution < 1.29 is 9.21 Å². The molecule has 0 aliphatic carbocycles. The first kappa shape index (κ1) is 13.8. The monoisotopic (exact) mass is 238 g/mol. The highest BCUT2D eigenvalue weighted by molar-refractivity contribution is 5.75. The molecule has 0 atom stereocenters. The van der Waals surface area contributed by atoms with Gasteiger partial charge < -0.3 is 14.6 Å². The van der Waals surface area contributed by atoms with Gasteiger partial charge in [-0.05, 0) is 32.1 Å². The number of hydrogen-bond acceptors (Lipinski definition) is 3. The molecule has 1 aromatic rings. The number of hydrogen-bond donors (Lipinski definition) is 1. The van der Waals surface area contributed by atoms with Crippen molar-refractivity contribution in [2.75, 3.05) is 20.1 Å². The summed E-state index contributed by atoms with van der Waals surface area (Å²) in [6, 6.07) is 3.67. The molecule has 0 aliphatic rings. The summed E-state index contributed by atoms with van der Waals surface area (Å²) in [4.78, 5) is 13.7. The number of unbranched alkanes of at least 4 members (excludes halogenated alkanes) is 1. The molecule has 1 N–H and O–H groups in total. The van der Waals surface area contributed by atoms with Gasteiger partial charge in [0.25, 0.3) is 0 Å². The SMILES string of the molecule is CCCCN(C)CCC(=O)NCc1ccco1. The van der Waals surface area contributed by atoms with E-state index < -0.39 is 0 Å². The van der Waals surface area contributed by atoms with Crippen LogP contribution in [0.5, 0.6) is 0 Å². The highest BCUT2D eigenvalue weighted by Crippen LogP contribution is 1.99. The first-order valence-electron chi connectivity index (χ1n) is 6.20. The van der Waals surface area contributed by atoms with Gasteiger partial charge in [-0.15, -0.1) is 0 Å². The van der Waals surface area contributed by atoms with Crippen LogP contribution in [-0.2, 0) is 11.3 Å². The van der Waals surface area contributed by atoms with Gasteiger partial charge >= 0.3 is 0 Å². The minimum absolute atomic E-state index is 0.0738. The number of carbonyl (C=O) groups is 1. The van der Waals surface area contributed by atoms with Gasteiger partial charge in [-0.3, -0.25) is 4.79 Å². The Balaban J connectivity index is 2.08. The maximum absolute atomic E-state index is 11.5. The Labute approximate surface area is 103 Å². The maximum atomic E-state index is 11.5. The summed E-state index contributed by atoms with van der Waals surface area (Å²) in [5.41, 5.74) is 0. The van der Waals surface area contributed by atoms with E-state index in [1.165, 1.54) is 12.8 Å². The molecular formula is C13H22N2O2. The van der Waals surface area contributed by atoms with Gasteiger partial charge in [0.1, 0.15) is 5.76 Å². The van der Waals surface area contributed by atoms with Crippen molar-refractivity contribution in [3.8, 4) is 0 Å². The average Bonchev–Trinajstić information content (AvgIpc) is 2.84. The number of furan rings is 1. The van der Waals surface area contributed by atoms with Crippen LogP contribution in [0, 0.1) is 0 Å². The largest absolute Gasteiger partial charge is 0.467 e. The van der Waals surface area contributed by atoms with Gasteiger partial charge in [-0.2, -0.15) is 0 Å². The molecule has 0 saturated carbocycles. The van der Waals surface area contributed by atoms with Crippen molar-refractivity contribution in [1.82, 2.24) is 10.2 Å². The second kappa shape index (κ2) is 7.90. The van der Waals surface area contributed by atoms with Crippen LogP contribution >= 0.6 is 0 Å². The van der Waals surface area contributed by atoms with Crippen molar-refractivity contribution in [2.24, 2.45) is 0 Å². The molecule has 0 fully saturated rings. The molecule has 0 unspecified atom stereocenters. The minimum atomic E-state index is 0.0738. The van der Waals surface area contributed by atoms with E-state index in [4.69, 9.17) is 4.42 Å². The van der Waals surface area contributed by atoms with Crippen LogP contribution in [0.1, 0.15) is 31.9 Å². The molecule has 96 valence electrons. The Morgan fingerprint density at radius 3 is 2.94 bits per heavy atom. The lowest BCUT2D eigenvalue weighted by Gasteiger charge is -2.15. The number of amides is 1. The van der Waals surface area contributed by atoms with E-state index in [9.17, 15) is 4.79 Å². The van der Waals surface area contributed by atoms with Crippen LogP contribution in [0.4, 0.5) is 0 Å². The van der Waals surface area contributed by atoms with Crippen molar-refractivity contribution in [1.29, 1.82) is 0 Å². The standard InChI is InChI=1S/C13H22N2O2/c1-3-4-8-15(2)9-7-13(16)14-11-12-6-5-10-17-12/h5-6,10H,3-4,7-9,11H2,1-2H3,(H,14,16). The number of nitrogens with zero attached hydrogens (tertiary/aromatic N) is 1. The summed E-state index contributed by atoms with van der Waals surface area (Å²) in [5, 5.41) is 2.84. The van der Waals surface area contributed by atoms with E-state index in [-0.39, 0.29) is 5.91 Å². The highest BCUT2D eigenvalue weighted by atomic mass is 16.3. The minimum Gasteiger partial charge on any atom is -0.467 e. The predicted molar refractivity (Wildman–Crippen MR) is 67.6 cm³/mol. The quantitative estimate of drug-likeness (QED) is 0.753. The molecule has 0 aromatic carbocycles. The molecule has 0 radical (unpaired) electrons. The molecule has 0 saturated heterocycles. The van der Waals surface area contributed by atoms with Crippen LogP contribution < -0.4 is 5.32 Å². The van der Waals surface area contributed by atoms with Crippen LogP contribution in [0.2, 0.25) is 0 Å². The molecule has 1 aromatic heterocycles. The number of carbonyl (C=O) groups excluding carboxylic acids is 1. The molecule has 0 aliphatic heterocycles. The first-order valence-corrected chi connectivity index (χ1v) is 6.20. The summed E-state index contributed by atoms with van der Waals surface area (Å²) >= 11 is 0. The van der Waals surface area contributed by atoms with E-state index in [1.807, 2.05) is 12.1 Å². The normalized spacial score (nSPS) is 10.8. The predicted octanol–water partition coefficient (Wildman–Crippen LogP) is 2.02. The fourth-order valence-electron chi connectivity index (χ4n) is 1.52. The van der Waals surface area contributed by atoms with E-state index in [0.29, 0.717) is 13.0 Å². The van der Waals surface area contributed by atoms with E-state index in [1.54, 1.807) is 6.26 Å². The molecule has 4 nitrogen and oxygen atoms in total. The van der Waals surface area contributed by atoms with Gasteiger partial charge in [-0.1, -0.05) is 13.3 Å². The Bertz CT molecular complexity index is 309. The molecule has 0 spiro atoms. The summed E-state index contributed by atoms with van der Waals surface area (Å²) < 4.78 is 5.14. The average molecular weight is 238 g/mol. The van der Waals surface area contributed by atoms with Gasteiger partial charge in [-0.25, -0.2) is 0 Å². The number of nitrogens with one attached hydrogen (secondary N) is 1. The second-order valence-corrected chi connectivity index (χ2v) is 4.26. The van der Waals surface area contributed by atoms with Crippen molar-refractivity contribution >= 4 is 5.91 Å². The van der Waals surface area contributed by atoms with Crippen LogP contribution in [-0.4, -0.2) is 30.9 Å². The Morgan fingerprint density at radius 1 is 1.47 bits per heavy atom. The van der Waals surface area contributed by atoms with Crippen LogP contribution in [0.15, 0.2) is 22.8 Å². The Morgan fingerprint density at radius 2 is 2.29 bits per heavy atom. The third kappa shape index (κ3) is 6.12. The lowest BCUT2D eigenvalue weighted by Crippen LogP contribution is -2.28. The smallest absolute Gasteiger partial charge is 0.221 e. The molecule has 1 amide bonds. The van der Waals surface area contributed by atoms with Crippen molar-refractivity contribution in [3.63, 3.8) is 0 Å². The Hall–Kier alpha value is -1.29. The number of rotatable bonds is 8. The first-order chi connectivity index (χ1) is 8.22. The third-order valence-electron chi connectivity index (χ3n) is 2.65. The van der Waals surface area contributed by atoms with Gasteiger partial charge in [0.15, 0.2) is 0 Å². The van der Waals surface area contributed by atoms with Crippen molar-refractivity contribution in [3.05, 3.63) is 24.2 Å². The third-order valence-corrected chi connectivity index (χ3v) is 2.65. The van der Waals surface area contributed by atoms with Crippen LogP contribution in [0.3, 0.4) is 0 Å². The molecule has 0 bridgehead atoms. The second-order valence-electron chi connectivity index (χ2n) is 4.26. The molecular weight excluding hydrogens is 216 g/mol. The summed E-state index contributed by atoms with van der Waals surface area (Å²) in [7, 11) is 2.05. The zero-order valence-electron chi connectivity index (χ0n) is 10.7. The fraction of sp³-hybridized carbons (Fsp3) is 0.615. The lowest BCUT2D eigenvalue weighted by atomic mass is 10.3. The zero-order chi connectivity index (χ0) is 12.5. The lowest BCUT2D eigenvalue weighted by molar-refractivity contribution is -0.121. The van der Waals surface area contributed by atoms with Gasteiger partial charge in [0, 0.05) is 13.0 Å². The molecule has 1 heterocycles. The fourth-order valence-corrected chi connectivity index (χ4v) is 1.52. The van der Waals surface area contributed by atoms with E-state index >= 15 is 0 Å². The maximum Gasteiger partial charge on any atom is 0.221 e. The van der Waals surface area contributed by atoms with Crippen LogP contribution in [0.25, 0.3) is 0 Å². The van der Waals surface area contributed by atoms with E-state index in [2.05, 4.69) is 24.2 Å². The Kier molecular flexibility index (Phi) is 6.40. The molecule has 4 heteroatoms. The van der Waals surface area contributed by atoms with Gasteiger partial charge in [0.2, 0.25) is 5.91 Å². The van der Waals surface area contributed by atoms with Crippen molar-refractivity contribution in [2.45, 2.75) is 32.7 Å². The summed E-state index contributed by atoms with van der Waals surface area (Å²) in [6.07, 6.45) is 4.53. The molecule has 17 heavy (non-hydrogen) atoms. The topological polar surface area (TPSA) is 45.5 Å².